The van der Waals surface area contributed by atoms with E-state index in [1.165, 1.54) is 17.3 Å². The number of carboxylic acids is 1. The highest BCUT2D eigenvalue weighted by molar-refractivity contribution is 9.11. The van der Waals surface area contributed by atoms with Crippen LogP contribution in [0.2, 0.25) is 0 Å². The van der Waals surface area contributed by atoms with Crippen LogP contribution >= 0.6 is 15.9 Å². The van der Waals surface area contributed by atoms with E-state index in [-0.39, 0.29) is 12.0 Å². The average Bonchev–Trinajstić information content (AvgIpc) is 3.03. The first kappa shape index (κ1) is 25.7. The Morgan fingerprint density at radius 1 is 1.43 bits per heavy atom. The van der Waals surface area contributed by atoms with E-state index in [0.717, 1.165) is 4.57 Å². The van der Waals surface area contributed by atoms with Crippen LogP contribution < -0.4 is 17.0 Å². The van der Waals surface area contributed by atoms with E-state index in [1.807, 2.05) is 0 Å². The van der Waals surface area contributed by atoms with E-state index in [9.17, 15) is 37.8 Å². The normalized spacial score (nSPS) is 22.4. The van der Waals surface area contributed by atoms with Gasteiger partial charge in [-0.3, -0.25) is 19.1 Å². The minimum absolute atomic E-state index is 0.0248. The summed E-state index contributed by atoms with van der Waals surface area (Å²) in [6, 6.07) is 0. The number of nitrogens with two attached hydrogens (primary N) is 1. The van der Waals surface area contributed by atoms with Gasteiger partial charge in [-0.2, -0.15) is 13.2 Å². The average molecular weight is 504 g/mol. The summed E-state index contributed by atoms with van der Waals surface area (Å²) >= 11 is 3.03. The molecule has 4 atom stereocenters. The van der Waals surface area contributed by atoms with Gasteiger partial charge >= 0.3 is 17.8 Å². The molecule has 11 nitrogen and oxygen atoms in total. The van der Waals surface area contributed by atoms with Crippen LogP contribution in [0.25, 0.3) is 6.08 Å². The molecule has 0 radical (unpaired) electrons. The summed E-state index contributed by atoms with van der Waals surface area (Å²) in [5.74, 6) is -3.43. The maximum Gasteiger partial charge on any atom is 0.490 e. The number of ketones is 1. The highest BCUT2D eigenvalue weighted by Crippen LogP contribution is 2.29. The second kappa shape index (κ2) is 10.6. The van der Waals surface area contributed by atoms with Crippen LogP contribution in [0, 0.1) is 0 Å². The minimum atomic E-state index is -5.08. The molecule has 0 saturated carbocycles. The Hall–Kier alpha value is -2.33. The van der Waals surface area contributed by atoms with E-state index in [1.54, 1.807) is 0 Å². The predicted octanol–water partition coefficient (Wildman–Crippen LogP) is -0.927. The van der Waals surface area contributed by atoms with E-state index >= 15 is 0 Å². The van der Waals surface area contributed by atoms with Gasteiger partial charge in [0.15, 0.2) is 5.78 Å². The topological polar surface area (TPSA) is 185 Å². The van der Waals surface area contributed by atoms with Crippen molar-refractivity contribution in [2.45, 2.75) is 37.1 Å². The Morgan fingerprint density at radius 3 is 2.47 bits per heavy atom. The number of rotatable bonds is 5. The number of H-pyrrole nitrogens is 1. The number of aliphatic carboxylic acids is 1. The molecule has 0 amide bonds. The van der Waals surface area contributed by atoms with Gasteiger partial charge in [-0.25, -0.2) is 9.59 Å². The number of nitrogens with one attached hydrogen (secondary N) is 1. The molecule has 1 saturated heterocycles. The summed E-state index contributed by atoms with van der Waals surface area (Å²) in [5, 5.41) is 26.9. The number of alkyl halides is 3. The number of nitrogens with zero attached hydrogens (tertiary/aromatic N) is 1. The smallest absolute Gasteiger partial charge is 0.475 e. The molecule has 2 rings (SSSR count). The third-order valence-electron chi connectivity index (χ3n) is 3.77. The molecule has 0 aromatic carbocycles. The third-order valence-corrected chi connectivity index (χ3v) is 4.03. The van der Waals surface area contributed by atoms with Crippen molar-refractivity contribution in [2.75, 3.05) is 6.54 Å². The molecule has 1 aliphatic heterocycles. The van der Waals surface area contributed by atoms with Gasteiger partial charge in [0, 0.05) is 12.6 Å². The van der Waals surface area contributed by atoms with Gasteiger partial charge in [0.05, 0.1) is 18.2 Å². The molecule has 15 heteroatoms. The molecular weight excluding hydrogens is 487 g/mol. The fourth-order valence-electron chi connectivity index (χ4n) is 2.34. The van der Waals surface area contributed by atoms with E-state index in [2.05, 4.69) is 20.9 Å². The number of halogens is 4. The standard InChI is InChI=1S/C13H16BrN3O6.C2HF3O2/c14-2-1-6-5-17(13(22)16-12(6)21)9-3-7(18)11(23-9)10(20)8(19)4-15;3-2(4,5)1(6)7/h1-2,5,7,9-11,18,20H,3-4,15H2,(H,16,21,22);(H,6,7)/b2-1+;/t7-,9+,10?,11-;/m0./s1. The molecule has 1 aromatic heterocycles. The van der Waals surface area contributed by atoms with Crippen LogP contribution in [-0.2, 0) is 14.3 Å². The van der Waals surface area contributed by atoms with Crippen molar-refractivity contribution in [1.82, 2.24) is 9.55 Å². The fourth-order valence-corrected chi connectivity index (χ4v) is 2.62. The molecule has 0 bridgehead atoms. The number of ether oxygens (including phenoxy) is 1. The largest absolute Gasteiger partial charge is 0.490 e. The molecule has 1 aromatic rings. The summed E-state index contributed by atoms with van der Waals surface area (Å²) in [5.41, 5.74) is 4.07. The Labute approximate surface area is 173 Å². The molecule has 1 unspecified atom stereocenters. The Bertz CT molecular complexity index is 914. The van der Waals surface area contributed by atoms with Gasteiger partial charge in [-0.1, -0.05) is 15.9 Å². The summed E-state index contributed by atoms with van der Waals surface area (Å²) < 4.78 is 38.3. The van der Waals surface area contributed by atoms with Crippen molar-refractivity contribution in [3.63, 3.8) is 0 Å². The van der Waals surface area contributed by atoms with E-state index in [0.29, 0.717) is 0 Å². The number of carbonyl (C=O) groups excluding carboxylic acids is 1. The summed E-state index contributed by atoms with van der Waals surface area (Å²) in [4.78, 5) is 47.5. The van der Waals surface area contributed by atoms with Crippen LogP contribution in [0.3, 0.4) is 0 Å². The molecule has 0 aliphatic carbocycles. The molecule has 168 valence electrons. The Morgan fingerprint density at radius 2 is 2.00 bits per heavy atom. The van der Waals surface area contributed by atoms with Crippen LogP contribution in [0.15, 0.2) is 20.8 Å². The van der Waals surface area contributed by atoms with Crippen molar-refractivity contribution < 1.29 is 42.8 Å². The number of carboxylic acid groups (broad SMARTS) is 1. The first-order valence-electron chi connectivity index (χ1n) is 8.00. The van der Waals surface area contributed by atoms with Gasteiger partial charge in [-0.15, -0.1) is 0 Å². The third kappa shape index (κ3) is 6.60. The van der Waals surface area contributed by atoms with Crippen molar-refractivity contribution in [1.29, 1.82) is 0 Å². The van der Waals surface area contributed by atoms with Crippen molar-refractivity contribution in [3.8, 4) is 0 Å². The van der Waals surface area contributed by atoms with Gasteiger partial charge in [0.2, 0.25) is 0 Å². The van der Waals surface area contributed by atoms with Gasteiger partial charge in [0.25, 0.3) is 5.56 Å². The summed E-state index contributed by atoms with van der Waals surface area (Å²) in [6.07, 6.45) is -7.25. The van der Waals surface area contributed by atoms with Gasteiger partial charge in [-0.05, 0) is 11.1 Å². The summed E-state index contributed by atoms with van der Waals surface area (Å²) in [6.45, 7) is -0.392. The van der Waals surface area contributed by atoms with Crippen molar-refractivity contribution >= 4 is 33.8 Å². The number of aromatic nitrogens is 2. The lowest BCUT2D eigenvalue weighted by atomic mass is 10.0. The predicted molar refractivity (Wildman–Crippen MR) is 97.6 cm³/mol. The molecule has 30 heavy (non-hydrogen) atoms. The van der Waals surface area contributed by atoms with Crippen LogP contribution in [0.5, 0.6) is 0 Å². The molecule has 2 heterocycles. The molecule has 0 spiro atoms. The molecular formula is C15H17BrF3N3O8. The quantitative estimate of drug-likeness (QED) is 0.338. The first-order chi connectivity index (χ1) is 13.8. The second-order valence-electron chi connectivity index (χ2n) is 5.82. The summed E-state index contributed by atoms with van der Waals surface area (Å²) in [7, 11) is 0. The lowest BCUT2D eigenvalue weighted by Crippen LogP contribution is -2.43. The number of Topliss-reactive ketones (excluding diaryl/α,β-unsaturated/α-hetero) is 1. The zero-order chi connectivity index (χ0) is 23.2. The lowest BCUT2D eigenvalue weighted by Gasteiger charge is -2.20. The highest BCUT2D eigenvalue weighted by Gasteiger charge is 2.42. The van der Waals surface area contributed by atoms with Gasteiger partial charge in [0.1, 0.15) is 18.4 Å². The Balaban J connectivity index is 0.000000553. The lowest BCUT2D eigenvalue weighted by molar-refractivity contribution is -0.192. The maximum absolute atomic E-state index is 11.9. The van der Waals surface area contributed by atoms with Crippen molar-refractivity contribution in [2.24, 2.45) is 5.73 Å². The van der Waals surface area contributed by atoms with E-state index < -0.39 is 60.3 Å². The number of hydrogen-bond donors (Lipinski definition) is 5. The number of aliphatic hydroxyl groups excluding tert-OH is 2. The molecule has 1 fully saturated rings. The zero-order valence-electron chi connectivity index (χ0n) is 14.9. The number of aliphatic hydroxyl groups is 2. The second-order valence-corrected chi connectivity index (χ2v) is 6.35. The zero-order valence-corrected chi connectivity index (χ0v) is 16.5. The number of hydrogen-bond acceptors (Lipinski definition) is 8. The Kier molecular flexibility index (Phi) is 9.10. The van der Waals surface area contributed by atoms with Crippen LogP contribution in [0.1, 0.15) is 18.2 Å². The molecule has 6 N–H and O–H groups in total. The van der Waals surface area contributed by atoms with Crippen molar-refractivity contribution in [3.05, 3.63) is 37.6 Å². The monoisotopic (exact) mass is 503 g/mol. The first-order valence-corrected chi connectivity index (χ1v) is 8.91. The van der Waals surface area contributed by atoms with Crippen LogP contribution in [0.4, 0.5) is 13.2 Å². The maximum atomic E-state index is 11.9. The van der Waals surface area contributed by atoms with Gasteiger partial charge < -0.3 is 25.8 Å². The highest BCUT2D eigenvalue weighted by atomic mass is 79.9. The fraction of sp³-hybridized carbons (Fsp3) is 0.467. The SMILES string of the molecule is NCC(=O)C(O)[C@H]1O[C@@H](n2cc(/C=C/Br)c(=O)[nH]c2=O)C[C@@H]1O.O=C(O)C(F)(F)F. The van der Waals surface area contributed by atoms with E-state index in [4.69, 9.17) is 20.4 Å². The molecule has 1 aliphatic rings. The number of aromatic amines is 1. The minimum Gasteiger partial charge on any atom is -0.475 e. The number of carbonyl (C=O) groups is 2. The van der Waals surface area contributed by atoms with Crippen LogP contribution in [-0.4, -0.2) is 67.7 Å².